The highest BCUT2D eigenvalue weighted by Crippen LogP contribution is 2.47. The van der Waals surface area contributed by atoms with Gasteiger partial charge in [0.2, 0.25) is 19.7 Å². The van der Waals surface area contributed by atoms with E-state index in [0.29, 0.717) is 5.56 Å². The summed E-state index contributed by atoms with van der Waals surface area (Å²) >= 11 is 1.56. The van der Waals surface area contributed by atoms with Crippen LogP contribution in [0.3, 0.4) is 0 Å². The minimum atomic E-state index is -4.05. The van der Waals surface area contributed by atoms with Gasteiger partial charge in [-0.1, -0.05) is 72.8 Å². The SMILES string of the molecule is O=S1(=O)c2ccccc2S(=O)(=O)c2cc(-c3sc4ccccc4c3-n3c4ccccc4c4ccccc43)ccc21. The lowest BCUT2D eigenvalue weighted by atomic mass is 10.1. The number of rotatable bonds is 2. The molecule has 0 radical (unpaired) electrons. The zero-order chi connectivity index (χ0) is 27.2. The van der Waals surface area contributed by atoms with E-state index in [1.807, 2.05) is 36.4 Å². The molecule has 0 spiro atoms. The molecule has 7 aromatic rings. The third kappa shape index (κ3) is 3.06. The van der Waals surface area contributed by atoms with E-state index in [1.165, 1.54) is 24.3 Å². The number of thiophene rings is 1. The van der Waals surface area contributed by atoms with Crippen molar-refractivity contribution in [3.05, 3.63) is 115 Å². The van der Waals surface area contributed by atoms with Gasteiger partial charge in [0.15, 0.2) is 0 Å². The van der Waals surface area contributed by atoms with E-state index in [1.54, 1.807) is 29.5 Å². The predicted octanol–water partition coefficient (Wildman–Crippen LogP) is 7.64. The third-order valence-corrected chi connectivity index (χ3v) is 12.8. The van der Waals surface area contributed by atoms with Crippen LogP contribution in [-0.2, 0) is 19.7 Å². The Kier molecular flexibility index (Phi) is 4.81. The second kappa shape index (κ2) is 8.14. The number of hydrogen-bond acceptors (Lipinski definition) is 5. The van der Waals surface area contributed by atoms with E-state index in [0.717, 1.165) is 42.5 Å². The van der Waals surface area contributed by atoms with Crippen molar-refractivity contribution in [2.45, 2.75) is 19.6 Å². The van der Waals surface area contributed by atoms with Gasteiger partial charge in [0.1, 0.15) is 0 Å². The number of para-hydroxylation sites is 2. The van der Waals surface area contributed by atoms with Crippen molar-refractivity contribution in [1.29, 1.82) is 0 Å². The summed E-state index contributed by atoms with van der Waals surface area (Å²) in [5.41, 5.74) is 3.66. The average molecular weight is 578 g/mol. The molecule has 0 aliphatic carbocycles. The van der Waals surface area contributed by atoms with Gasteiger partial charge in [-0.25, -0.2) is 16.8 Å². The standard InChI is InChI=1S/C32H19NO4S3/c34-39(35)27-15-7-8-16-28(27)40(36,37)30-19-20(17-18-29(30)39)32-31(23-11-3-6-14-26(23)38-32)33-24-12-4-1-9-21(24)22-10-2-5-13-25(22)33/h1-19H. The van der Waals surface area contributed by atoms with Crippen LogP contribution in [0.25, 0.3) is 48.0 Å². The molecule has 0 saturated carbocycles. The number of fused-ring (bicyclic) bond motifs is 6. The highest BCUT2D eigenvalue weighted by atomic mass is 32.2. The summed E-state index contributed by atoms with van der Waals surface area (Å²) in [6, 6.07) is 35.1. The van der Waals surface area contributed by atoms with Crippen LogP contribution < -0.4 is 0 Å². The second-order valence-corrected chi connectivity index (χ2v) is 14.6. The molecule has 194 valence electrons. The number of nitrogens with zero attached hydrogens (tertiary/aromatic N) is 1. The predicted molar refractivity (Wildman–Crippen MR) is 159 cm³/mol. The van der Waals surface area contributed by atoms with Crippen molar-refractivity contribution in [3.63, 3.8) is 0 Å². The van der Waals surface area contributed by atoms with E-state index < -0.39 is 19.7 Å². The molecule has 8 heteroatoms. The fourth-order valence-electron chi connectivity index (χ4n) is 5.83. The Morgan fingerprint density at radius 2 is 1.00 bits per heavy atom. The van der Waals surface area contributed by atoms with E-state index >= 15 is 0 Å². The number of aromatic nitrogens is 1. The van der Waals surface area contributed by atoms with Gasteiger partial charge in [0.05, 0.1) is 41.2 Å². The Bertz CT molecular complexity index is 2360. The molecule has 0 fully saturated rings. The van der Waals surface area contributed by atoms with Gasteiger partial charge < -0.3 is 4.57 Å². The summed E-state index contributed by atoms with van der Waals surface area (Å²) in [7, 11) is -8.04. The molecule has 1 aliphatic rings. The van der Waals surface area contributed by atoms with E-state index in [4.69, 9.17) is 0 Å². The highest BCUT2D eigenvalue weighted by molar-refractivity contribution is 7.97. The second-order valence-electron chi connectivity index (χ2n) is 9.76. The Morgan fingerprint density at radius 3 is 1.65 bits per heavy atom. The molecular weight excluding hydrogens is 559 g/mol. The molecule has 0 N–H and O–H groups in total. The summed E-state index contributed by atoms with van der Waals surface area (Å²) in [5, 5.41) is 3.28. The fraction of sp³-hybridized carbons (Fsp3) is 0. The normalized spacial score (nSPS) is 15.3. The summed E-state index contributed by atoms with van der Waals surface area (Å²) in [6.45, 7) is 0. The average Bonchev–Trinajstić information content (AvgIpc) is 3.52. The molecule has 5 nitrogen and oxygen atoms in total. The van der Waals surface area contributed by atoms with Crippen LogP contribution >= 0.6 is 11.3 Å². The van der Waals surface area contributed by atoms with Crippen molar-refractivity contribution in [1.82, 2.24) is 4.57 Å². The minimum absolute atomic E-state index is 0.178. The first-order chi connectivity index (χ1) is 19.4. The summed E-state index contributed by atoms with van der Waals surface area (Å²) < 4.78 is 57.7. The van der Waals surface area contributed by atoms with Crippen molar-refractivity contribution in [2.24, 2.45) is 0 Å². The minimum Gasteiger partial charge on any atom is -0.307 e. The van der Waals surface area contributed by atoms with Gasteiger partial charge in [0.25, 0.3) is 0 Å². The molecule has 0 amide bonds. The van der Waals surface area contributed by atoms with Crippen LogP contribution in [-0.4, -0.2) is 21.4 Å². The monoisotopic (exact) mass is 577 g/mol. The quantitative estimate of drug-likeness (QED) is 0.212. The van der Waals surface area contributed by atoms with Gasteiger partial charge in [-0.15, -0.1) is 11.3 Å². The van der Waals surface area contributed by atoms with Gasteiger partial charge in [0, 0.05) is 20.9 Å². The van der Waals surface area contributed by atoms with Crippen molar-refractivity contribution in [3.8, 4) is 16.1 Å². The number of hydrogen-bond donors (Lipinski definition) is 0. The molecule has 3 heterocycles. The van der Waals surface area contributed by atoms with Crippen molar-refractivity contribution in [2.75, 3.05) is 0 Å². The summed E-state index contributed by atoms with van der Waals surface area (Å²) in [4.78, 5) is 0.132. The first-order valence-electron chi connectivity index (χ1n) is 12.6. The molecule has 0 unspecified atom stereocenters. The smallest absolute Gasteiger partial charge is 0.209 e. The molecule has 40 heavy (non-hydrogen) atoms. The summed E-state index contributed by atoms with van der Waals surface area (Å²) in [5.74, 6) is 0. The molecule has 2 aromatic heterocycles. The zero-order valence-electron chi connectivity index (χ0n) is 20.8. The van der Waals surface area contributed by atoms with Crippen molar-refractivity contribution >= 4 is 62.9 Å². The molecule has 0 saturated heterocycles. The van der Waals surface area contributed by atoms with Gasteiger partial charge in [-0.05, 0) is 48.0 Å². The Labute approximate surface area is 234 Å². The molecule has 1 aliphatic heterocycles. The molecule has 8 rings (SSSR count). The first kappa shape index (κ1) is 23.6. The Balaban J connectivity index is 1.48. The topological polar surface area (TPSA) is 73.2 Å². The van der Waals surface area contributed by atoms with Crippen LogP contribution in [0.2, 0.25) is 0 Å². The molecular formula is C32H19NO4S3. The third-order valence-electron chi connectivity index (χ3n) is 7.59. The zero-order valence-corrected chi connectivity index (χ0v) is 23.2. The van der Waals surface area contributed by atoms with Gasteiger partial charge >= 0.3 is 0 Å². The number of sulfone groups is 2. The first-order valence-corrected chi connectivity index (χ1v) is 16.4. The van der Waals surface area contributed by atoms with Crippen LogP contribution in [0.15, 0.2) is 135 Å². The van der Waals surface area contributed by atoms with Crippen LogP contribution in [0.5, 0.6) is 0 Å². The lowest BCUT2D eigenvalue weighted by Crippen LogP contribution is -2.19. The Hall–Kier alpha value is -4.24. The van der Waals surface area contributed by atoms with E-state index in [-0.39, 0.29) is 19.6 Å². The molecule has 0 bridgehead atoms. The maximum atomic E-state index is 13.7. The van der Waals surface area contributed by atoms with Gasteiger partial charge in [-0.2, -0.15) is 0 Å². The summed E-state index contributed by atoms with van der Waals surface area (Å²) in [6.07, 6.45) is 0. The van der Waals surface area contributed by atoms with Crippen LogP contribution in [0.4, 0.5) is 0 Å². The molecule has 5 aromatic carbocycles. The van der Waals surface area contributed by atoms with Gasteiger partial charge in [-0.3, -0.25) is 0 Å². The molecule has 0 atom stereocenters. The van der Waals surface area contributed by atoms with E-state index in [9.17, 15) is 16.8 Å². The highest BCUT2D eigenvalue weighted by Gasteiger charge is 2.39. The maximum absolute atomic E-state index is 13.7. The van der Waals surface area contributed by atoms with Crippen LogP contribution in [0, 0.1) is 0 Å². The lowest BCUT2D eigenvalue weighted by Gasteiger charge is -2.20. The van der Waals surface area contributed by atoms with E-state index in [2.05, 4.69) is 41.0 Å². The number of benzene rings is 5. The fourth-order valence-corrected chi connectivity index (χ4v) is 11.2. The largest absolute Gasteiger partial charge is 0.307 e. The maximum Gasteiger partial charge on any atom is 0.209 e. The Morgan fingerprint density at radius 1 is 0.500 bits per heavy atom. The van der Waals surface area contributed by atoms with Crippen LogP contribution in [0.1, 0.15) is 0 Å². The van der Waals surface area contributed by atoms with Crippen molar-refractivity contribution < 1.29 is 16.8 Å². The lowest BCUT2D eigenvalue weighted by molar-refractivity contribution is 0.570.